The number of hydrogen-bond donors (Lipinski definition) is 2. The Morgan fingerprint density at radius 2 is 2.12 bits per heavy atom. The van der Waals surface area contributed by atoms with Gasteiger partial charge in [0, 0.05) is 11.7 Å². The number of nitrogen functional groups attached to an aromatic ring is 1. The van der Waals surface area contributed by atoms with Crippen molar-refractivity contribution in [2.75, 3.05) is 12.8 Å². The molecular weight excluding hydrogens is 240 g/mol. The van der Waals surface area contributed by atoms with Gasteiger partial charge >= 0.3 is 0 Å². The smallest absolute Gasteiger partial charge is 0.244 e. The zero-order chi connectivity index (χ0) is 12.5. The van der Waals surface area contributed by atoms with Crippen LogP contribution in [0.3, 0.4) is 0 Å². The summed E-state index contributed by atoms with van der Waals surface area (Å²) in [6.45, 7) is 0. The fourth-order valence-corrected chi connectivity index (χ4v) is 3.22. The lowest BCUT2D eigenvalue weighted by atomic mass is 9.94. The molecule has 17 heavy (non-hydrogen) atoms. The molecule has 1 aliphatic rings. The molecule has 1 aromatic rings. The lowest BCUT2D eigenvalue weighted by Gasteiger charge is -2.26. The van der Waals surface area contributed by atoms with Crippen LogP contribution >= 0.6 is 0 Å². The second-order valence-electron chi connectivity index (χ2n) is 4.16. The minimum absolute atomic E-state index is 0.0473. The molecule has 0 saturated heterocycles. The van der Waals surface area contributed by atoms with Crippen LogP contribution in [0.15, 0.2) is 23.1 Å². The van der Waals surface area contributed by atoms with E-state index in [0.717, 1.165) is 19.3 Å². The van der Waals surface area contributed by atoms with Gasteiger partial charge in [0.1, 0.15) is 10.6 Å². The summed E-state index contributed by atoms with van der Waals surface area (Å²) in [5.41, 5.74) is 6.01. The predicted molar refractivity (Wildman–Crippen MR) is 65.4 cm³/mol. The largest absolute Gasteiger partial charge is 0.495 e. The maximum absolute atomic E-state index is 12.1. The molecule has 0 atom stereocenters. The maximum Gasteiger partial charge on any atom is 0.244 e. The molecule has 5 nitrogen and oxygen atoms in total. The van der Waals surface area contributed by atoms with E-state index >= 15 is 0 Å². The molecule has 0 amide bonds. The van der Waals surface area contributed by atoms with E-state index < -0.39 is 10.0 Å². The lowest BCUT2D eigenvalue weighted by molar-refractivity contribution is 0.379. The fraction of sp³-hybridized carbons (Fsp3) is 0.455. The Kier molecular flexibility index (Phi) is 3.26. The topological polar surface area (TPSA) is 81.4 Å². The number of nitrogens with one attached hydrogen (secondary N) is 1. The molecule has 2 rings (SSSR count). The highest BCUT2D eigenvalue weighted by atomic mass is 32.2. The molecule has 0 unspecified atom stereocenters. The van der Waals surface area contributed by atoms with Gasteiger partial charge < -0.3 is 10.5 Å². The van der Waals surface area contributed by atoms with Gasteiger partial charge in [-0.05, 0) is 31.0 Å². The van der Waals surface area contributed by atoms with Crippen LogP contribution in [-0.2, 0) is 10.0 Å². The Labute approximate surface area is 101 Å². The summed E-state index contributed by atoms with van der Waals surface area (Å²) in [7, 11) is -2.10. The third-order valence-corrected chi connectivity index (χ3v) is 4.45. The second kappa shape index (κ2) is 4.54. The van der Waals surface area contributed by atoms with Crippen LogP contribution in [0.25, 0.3) is 0 Å². The van der Waals surface area contributed by atoms with E-state index in [0.29, 0.717) is 11.4 Å². The SMILES string of the molecule is COc1ccc(N)cc1S(=O)(=O)NC1CCC1. The van der Waals surface area contributed by atoms with Crippen LogP contribution in [0.5, 0.6) is 5.75 Å². The van der Waals surface area contributed by atoms with Crippen molar-refractivity contribution in [3.63, 3.8) is 0 Å². The summed E-state index contributed by atoms with van der Waals surface area (Å²) in [6.07, 6.45) is 2.86. The van der Waals surface area contributed by atoms with Crippen LogP contribution in [-0.4, -0.2) is 21.6 Å². The fourth-order valence-electron chi connectivity index (χ4n) is 1.71. The highest BCUT2D eigenvalue weighted by molar-refractivity contribution is 7.89. The predicted octanol–water partition coefficient (Wildman–Crippen LogP) is 1.11. The minimum Gasteiger partial charge on any atom is -0.495 e. The van der Waals surface area contributed by atoms with Gasteiger partial charge in [0.25, 0.3) is 0 Å². The number of benzene rings is 1. The Morgan fingerprint density at radius 1 is 1.41 bits per heavy atom. The molecule has 0 aromatic heterocycles. The summed E-state index contributed by atoms with van der Waals surface area (Å²) in [6, 6.07) is 4.64. The van der Waals surface area contributed by atoms with E-state index in [1.54, 1.807) is 12.1 Å². The number of nitrogens with two attached hydrogens (primary N) is 1. The van der Waals surface area contributed by atoms with Crippen LogP contribution in [0.2, 0.25) is 0 Å². The molecule has 0 spiro atoms. The van der Waals surface area contributed by atoms with E-state index in [9.17, 15) is 8.42 Å². The normalized spacial score (nSPS) is 16.5. The Bertz CT molecular complexity index is 509. The Hall–Kier alpha value is -1.27. The van der Waals surface area contributed by atoms with Gasteiger partial charge in [-0.25, -0.2) is 13.1 Å². The van der Waals surface area contributed by atoms with Crippen molar-refractivity contribution in [1.29, 1.82) is 0 Å². The van der Waals surface area contributed by atoms with Gasteiger partial charge in [0.05, 0.1) is 7.11 Å². The standard InChI is InChI=1S/C11H16N2O3S/c1-16-10-6-5-8(12)7-11(10)17(14,15)13-9-3-2-4-9/h5-7,9,13H,2-4,12H2,1H3. The lowest BCUT2D eigenvalue weighted by Crippen LogP contribution is -2.39. The molecule has 94 valence electrons. The van der Waals surface area contributed by atoms with Crippen LogP contribution in [0.1, 0.15) is 19.3 Å². The van der Waals surface area contributed by atoms with E-state index in [1.807, 2.05) is 0 Å². The highest BCUT2D eigenvalue weighted by Crippen LogP contribution is 2.28. The first-order valence-electron chi connectivity index (χ1n) is 5.49. The number of anilines is 1. The molecule has 1 aliphatic carbocycles. The molecular formula is C11H16N2O3S. The monoisotopic (exact) mass is 256 g/mol. The van der Waals surface area contributed by atoms with E-state index in [1.165, 1.54) is 13.2 Å². The van der Waals surface area contributed by atoms with Gasteiger partial charge in [-0.3, -0.25) is 0 Å². The molecule has 0 bridgehead atoms. The molecule has 0 aliphatic heterocycles. The molecule has 0 heterocycles. The summed E-state index contributed by atoms with van der Waals surface area (Å²) in [5.74, 6) is 0.311. The molecule has 1 saturated carbocycles. The Balaban J connectivity index is 2.33. The van der Waals surface area contributed by atoms with Gasteiger partial charge in [-0.1, -0.05) is 6.42 Å². The Morgan fingerprint density at radius 3 is 2.65 bits per heavy atom. The number of rotatable bonds is 4. The van der Waals surface area contributed by atoms with Crippen molar-refractivity contribution < 1.29 is 13.2 Å². The molecule has 0 radical (unpaired) electrons. The van der Waals surface area contributed by atoms with Gasteiger partial charge in [-0.15, -0.1) is 0 Å². The zero-order valence-electron chi connectivity index (χ0n) is 9.64. The maximum atomic E-state index is 12.1. The van der Waals surface area contributed by atoms with Gasteiger partial charge in [-0.2, -0.15) is 0 Å². The van der Waals surface area contributed by atoms with Crippen LogP contribution in [0.4, 0.5) is 5.69 Å². The molecule has 6 heteroatoms. The first kappa shape index (κ1) is 12.2. The van der Waals surface area contributed by atoms with E-state index in [-0.39, 0.29) is 10.9 Å². The van der Waals surface area contributed by atoms with Crippen molar-refractivity contribution in [2.45, 2.75) is 30.2 Å². The van der Waals surface area contributed by atoms with Crippen LogP contribution < -0.4 is 15.2 Å². The quantitative estimate of drug-likeness (QED) is 0.791. The molecule has 3 N–H and O–H groups in total. The summed E-state index contributed by atoms with van der Waals surface area (Å²) in [4.78, 5) is 0.104. The summed E-state index contributed by atoms with van der Waals surface area (Å²) in [5, 5.41) is 0. The first-order valence-corrected chi connectivity index (χ1v) is 6.97. The van der Waals surface area contributed by atoms with Crippen LogP contribution in [0, 0.1) is 0 Å². The van der Waals surface area contributed by atoms with Crippen molar-refractivity contribution in [3.05, 3.63) is 18.2 Å². The third-order valence-electron chi connectivity index (χ3n) is 2.90. The van der Waals surface area contributed by atoms with E-state index in [2.05, 4.69) is 4.72 Å². The molecule has 1 fully saturated rings. The highest BCUT2D eigenvalue weighted by Gasteiger charge is 2.27. The number of ether oxygens (including phenoxy) is 1. The van der Waals surface area contributed by atoms with Crippen molar-refractivity contribution in [1.82, 2.24) is 4.72 Å². The van der Waals surface area contributed by atoms with Gasteiger partial charge in [0.2, 0.25) is 10.0 Å². The minimum atomic E-state index is -3.54. The number of methoxy groups -OCH3 is 1. The first-order chi connectivity index (χ1) is 8.03. The average molecular weight is 256 g/mol. The number of sulfonamides is 1. The summed E-state index contributed by atoms with van der Waals surface area (Å²) >= 11 is 0. The molecule has 1 aromatic carbocycles. The van der Waals surface area contributed by atoms with Crippen molar-refractivity contribution >= 4 is 15.7 Å². The summed E-state index contributed by atoms with van der Waals surface area (Å²) < 4.78 is 31.9. The third kappa shape index (κ3) is 2.53. The van der Waals surface area contributed by atoms with Crippen molar-refractivity contribution in [3.8, 4) is 5.75 Å². The zero-order valence-corrected chi connectivity index (χ0v) is 10.5. The van der Waals surface area contributed by atoms with E-state index in [4.69, 9.17) is 10.5 Å². The number of hydrogen-bond acceptors (Lipinski definition) is 4. The second-order valence-corrected chi connectivity index (χ2v) is 5.84. The van der Waals surface area contributed by atoms with Gasteiger partial charge in [0.15, 0.2) is 0 Å². The van der Waals surface area contributed by atoms with Crippen molar-refractivity contribution in [2.24, 2.45) is 0 Å². The average Bonchev–Trinajstić information content (AvgIpc) is 2.24.